The second-order valence-electron chi connectivity index (χ2n) is 8.10. The Hall–Kier alpha value is -0.640. The van der Waals surface area contributed by atoms with Gasteiger partial charge in [-0.05, 0) is 0 Å². The number of rotatable bonds is 11. The molecule has 2 heterocycles. The third-order valence-corrected chi connectivity index (χ3v) is 5.74. The molecule has 0 aliphatic carbocycles. The van der Waals surface area contributed by atoms with Crippen LogP contribution in [0.2, 0.25) is 0 Å². The normalized spacial score (nSPS) is 42.7. The van der Waals surface area contributed by atoms with Crippen molar-refractivity contribution in [2.45, 2.75) is 85.8 Å². The minimum absolute atomic E-state index is 0.777. The summed E-state index contributed by atoms with van der Waals surface area (Å²) in [5.74, 6) is 0. The largest absolute Gasteiger partial charge is 0.394 e. The fourth-order valence-corrected chi connectivity index (χ4v) is 3.65. The lowest BCUT2D eigenvalue weighted by molar-refractivity contribution is -0.369. The highest BCUT2D eigenvalue weighted by molar-refractivity contribution is 4.95. The molecule has 34 heavy (non-hydrogen) atoms. The maximum Gasteiger partial charge on any atom is 0.187 e. The van der Waals surface area contributed by atoms with Crippen molar-refractivity contribution in [3.63, 3.8) is 0 Å². The number of aliphatic hydroxyl groups is 12. The topological polar surface area (TPSA) is 280 Å². The summed E-state index contributed by atoms with van der Waals surface area (Å²) in [5, 5.41) is 118. The van der Waals surface area contributed by atoms with Crippen molar-refractivity contribution in [1.82, 2.24) is 0 Å². The van der Waals surface area contributed by atoms with E-state index in [0.717, 1.165) is 0 Å². The quantitative estimate of drug-likeness (QED) is 0.124. The maximum absolute atomic E-state index is 10.7. The molecule has 14 atom stereocenters. The summed E-state index contributed by atoms with van der Waals surface area (Å²) >= 11 is 0. The average molecular weight is 506 g/mol. The van der Waals surface area contributed by atoms with Gasteiger partial charge in [-0.3, -0.25) is 0 Å². The van der Waals surface area contributed by atoms with Crippen LogP contribution in [0.25, 0.3) is 0 Å². The number of hydrogen-bond donors (Lipinski definition) is 12. The summed E-state index contributed by atoms with van der Waals surface area (Å²) in [4.78, 5) is 0. The zero-order chi connectivity index (χ0) is 25.7. The van der Waals surface area contributed by atoms with Gasteiger partial charge in [0.2, 0.25) is 0 Å². The molecule has 0 radical (unpaired) electrons. The number of ether oxygens (including phenoxy) is 4. The first-order chi connectivity index (χ1) is 16.0. The van der Waals surface area contributed by atoms with E-state index in [4.69, 9.17) is 24.1 Å². The van der Waals surface area contributed by atoms with Crippen LogP contribution in [0.15, 0.2) is 0 Å². The molecule has 16 heteroatoms. The van der Waals surface area contributed by atoms with Gasteiger partial charge >= 0.3 is 0 Å². The Morgan fingerprint density at radius 3 is 1.68 bits per heavy atom. The molecule has 0 aromatic carbocycles. The highest BCUT2D eigenvalue weighted by Crippen LogP contribution is 2.30. The Labute approximate surface area is 193 Å². The average Bonchev–Trinajstić information content (AvgIpc) is 2.84. The molecule has 2 fully saturated rings. The summed E-state index contributed by atoms with van der Waals surface area (Å²) in [6, 6.07) is 0. The summed E-state index contributed by atoms with van der Waals surface area (Å²) in [7, 11) is 0. The lowest BCUT2D eigenvalue weighted by Gasteiger charge is -2.46. The molecule has 0 bridgehead atoms. The van der Waals surface area contributed by atoms with E-state index in [1.54, 1.807) is 0 Å². The van der Waals surface area contributed by atoms with Gasteiger partial charge < -0.3 is 80.2 Å². The molecule has 0 aromatic heterocycles. The van der Waals surface area contributed by atoms with Crippen molar-refractivity contribution in [3.05, 3.63) is 0 Å². The molecule has 2 aliphatic rings. The molecule has 16 nitrogen and oxygen atoms in total. The molecule has 202 valence electrons. The van der Waals surface area contributed by atoms with Crippen molar-refractivity contribution in [2.75, 3.05) is 26.4 Å². The minimum Gasteiger partial charge on any atom is -0.394 e. The van der Waals surface area contributed by atoms with Crippen LogP contribution in [0.1, 0.15) is 0 Å². The standard InChI is InChI=1S/C18H34O16/c19-1-5(23)9(25)15(6(24)2-20)33-18-14(30)16(11(27)8(4-22)32-18)34-17-13(29)12(28)10(26)7(3-21)31-17/h5-30H,1-4H2/t5-,6+,7-,8-,9-,10-,11-,12+,13-,14-,15-,16+,17+,18+/m1/s1. The predicted molar refractivity (Wildman–Crippen MR) is 103 cm³/mol. The van der Waals surface area contributed by atoms with E-state index in [2.05, 4.69) is 0 Å². The zero-order valence-corrected chi connectivity index (χ0v) is 17.9. The molecule has 2 aliphatic heterocycles. The summed E-state index contributed by atoms with van der Waals surface area (Å²) in [6.45, 7) is -3.55. The molecular weight excluding hydrogens is 472 g/mol. The molecule has 0 unspecified atom stereocenters. The predicted octanol–water partition coefficient (Wildman–Crippen LogP) is -7.94. The summed E-state index contributed by atoms with van der Waals surface area (Å²) < 4.78 is 21.1. The second kappa shape index (κ2) is 13.1. The first-order valence-electron chi connectivity index (χ1n) is 10.5. The van der Waals surface area contributed by atoms with Gasteiger partial charge in [-0.2, -0.15) is 0 Å². The van der Waals surface area contributed by atoms with Crippen LogP contribution in [-0.2, 0) is 18.9 Å². The second-order valence-corrected chi connectivity index (χ2v) is 8.10. The molecule has 0 saturated carbocycles. The Bertz CT molecular complexity index is 596. The van der Waals surface area contributed by atoms with Gasteiger partial charge in [0.05, 0.1) is 26.4 Å². The van der Waals surface area contributed by atoms with Gasteiger partial charge in [0.15, 0.2) is 12.6 Å². The SMILES string of the molecule is OC[C@@H](O)[C@@H](O)[C@H](O[C@@H]1O[C@H](CO)[C@@H](O)[C@H](O[C@@H]2O[C@H](CO)[C@@H](O)[C@H](O)[C@H]2O)[C@H]1O)[C@@H](O)CO. The monoisotopic (exact) mass is 506 g/mol. The Morgan fingerprint density at radius 2 is 1.15 bits per heavy atom. The van der Waals surface area contributed by atoms with Crippen molar-refractivity contribution >= 4 is 0 Å². The van der Waals surface area contributed by atoms with Crippen LogP contribution in [-0.4, -0.2) is 174 Å². The van der Waals surface area contributed by atoms with E-state index in [0.29, 0.717) is 0 Å². The van der Waals surface area contributed by atoms with Gasteiger partial charge in [0.25, 0.3) is 0 Å². The molecule has 2 rings (SSSR count). The van der Waals surface area contributed by atoms with Gasteiger partial charge in [0, 0.05) is 0 Å². The minimum atomic E-state index is -1.98. The molecule has 0 amide bonds. The first-order valence-corrected chi connectivity index (χ1v) is 10.5. The molecular formula is C18H34O16. The third kappa shape index (κ3) is 6.37. The van der Waals surface area contributed by atoms with Crippen molar-refractivity contribution in [3.8, 4) is 0 Å². The van der Waals surface area contributed by atoms with Crippen molar-refractivity contribution < 1.29 is 80.2 Å². The highest BCUT2D eigenvalue weighted by atomic mass is 16.7. The third-order valence-electron chi connectivity index (χ3n) is 5.74. The zero-order valence-electron chi connectivity index (χ0n) is 17.9. The molecule has 0 spiro atoms. The Morgan fingerprint density at radius 1 is 0.618 bits per heavy atom. The summed E-state index contributed by atoms with van der Waals surface area (Å²) in [6.07, 6.45) is -24.9. The Kier molecular flexibility index (Phi) is 11.4. The Balaban J connectivity index is 2.24. The van der Waals surface area contributed by atoms with Crippen molar-refractivity contribution in [1.29, 1.82) is 0 Å². The van der Waals surface area contributed by atoms with Gasteiger partial charge in [-0.1, -0.05) is 0 Å². The molecule has 0 aromatic rings. The van der Waals surface area contributed by atoms with Gasteiger partial charge in [-0.15, -0.1) is 0 Å². The van der Waals surface area contributed by atoms with E-state index < -0.39 is 112 Å². The fourth-order valence-electron chi connectivity index (χ4n) is 3.65. The van der Waals surface area contributed by atoms with Crippen LogP contribution in [0, 0.1) is 0 Å². The molecule has 2 saturated heterocycles. The van der Waals surface area contributed by atoms with E-state index in [1.807, 2.05) is 0 Å². The van der Waals surface area contributed by atoms with Gasteiger partial charge in [-0.25, -0.2) is 0 Å². The molecule has 12 N–H and O–H groups in total. The van der Waals surface area contributed by atoms with Crippen LogP contribution in [0.5, 0.6) is 0 Å². The van der Waals surface area contributed by atoms with Crippen LogP contribution in [0.3, 0.4) is 0 Å². The van der Waals surface area contributed by atoms with E-state index >= 15 is 0 Å². The van der Waals surface area contributed by atoms with Crippen LogP contribution in [0.4, 0.5) is 0 Å². The smallest absolute Gasteiger partial charge is 0.187 e. The van der Waals surface area contributed by atoms with Crippen molar-refractivity contribution in [2.24, 2.45) is 0 Å². The maximum atomic E-state index is 10.7. The van der Waals surface area contributed by atoms with E-state index in [1.165, 1.54) is 0 Å². The van der Waals surface area contributed by atoms with E-state index in [-0.39, 0.29) is 0 Å². The number of hydrogen-bond acceptors (Lipinski definition) is 16. The highest BCUT2D eigenvalue weighted by Gasteiger charge is 2.52. The summed E-state index contributed by atoms with van der Waals surface area (Å²) in [5.41, 5.74) is 0. The fraction of sp³-hybridized carbons (Fsp3) is 1.00. The lowest BCUT2D eigenvalue weighted by atomic mass is 9.96. The van der Waals surface area contributed by atoms with Crippen LogP contribution < -0.4 is 0 Å². The van der Waals surface area contributed by atoms with Crippen LogP contribution >= 0.6 is 0 Å². The lowest BCUT2D eigenvalue weighted by Crippen LogP contribution is -2.65. The van der Waals surface area contributed by atoms with Gasteiger partial charge in [0.1, 0.15) is 73.2 Å². The first kappa shape index (κ1) is 29.6. The number of aliphatic hydroxyl groups excluding tert-OH is 12. The van der Waals surface area contributed by atoms with E-state index in [9.17, 15) is 56.2 Å².